The molecular weight excluding hydrogens is 214 g/mol. The zero-order chi connectivity index (χ0) is 11.3. The van der Waals surface area contributed by atoms with E-state index in [-0.39, 0.29) is 6.42 Å². The summed E-state index contributed by atoms with van der Waals surface area (Å²) in [6, 6.07) is 8.16. The van der Waals surface area contributed by atoms with Crippen molar-refractivity contribution in [3.8, 4) is 0 Å². The van der Waals surface area contributed by atoms with Crippen LogP contribution in [0.5, 0.6) is 0 Å². The predicted molar refractivity (Wildman–Crippen MR) is 59.1 cm³/mol. The molecule has 1 aromatic carbocycles. The number of benzene rings is 1. The number of carboxylic acid groups (broad SMARTS) is 1. The summed E-state index contributed by atoms with van der Waals surface area (Å²) in [6.45, 7) is 0. The fourth-order valence-corrected chi connectivity index (χ4v) is 1.35. The van der Waals surface area contributed by atoms with Gasteiger partial charge in [-0.25, -0.2) is 4.79 Å². The lowest BCUT2D eigenvalue weighted by Gasteiger charge is -2.12. The zero-order valence-corrected chi connectivity index (χ0v) is 8.78. The Kier molecular flexibility index (Phi) is 4.17. The summed E-state index contributed by atoms with van der Waals surface area (Å²) < 4.78 is 0. The number of carbonyl (C=O) groups is 2. The fourth-order valence-electron chi connectivity index (χ4n) is 1.20. The van der Waals surface area contributed by atoms with Gasteiger partial charge >= 0.3 is 5.97 Å². The minimum Gasteiger partial charge on any atom is -0.480 e. The molecule has 0 bridgehead atoms. The second-order valence-electron chi connectivity index (χ2n) is 3.03. The quantitative estimate of drug-likeness (QED) is 0.677. The summed E-state index contributed by atoms with van der Waals surface area (Å²) in [6.07, 6.45) is 0.252. The SMILES string of the molecule is O=C(S)NC(Cc1ccccc1)C(=O)O. The second kappa shape index (κ2) is 5.41. The summed E-state index contributed by atoms with van der Waals surface area (Å²) in [4.78, 5) is 21.4. The molecule has 1 amide bonds. The highest BCUT2D eigenvalue weighted by atomic mass is 32.1. The van der Waals surface area contributed by atoms with Gasteiger partial charge in [-0.3, -0.25) is 4.79 Å². The van der Waals surface area contributed by atoms with Crippen molar-refractivity contribution in [2.75, 3.05) is 0 Å². The first-order valence-electron chi connectivity index (χ1n) is 4.36. The van der Waals surface area contributed by atoms with Crippen LogP contribution < -0.4 is 5.32 Å². The molecule has 1 aromatic rings. The molecule has 0 aliphatic carbocycles. The molecule has 1 atom stereocenters. The fraction of sp³-hybridized carbons (Fsp3) is 0.200. The van der Waals surface area contributed by atoms with Gasteiger partial charge in [0.2, 0.25) is 0 Å². The minimum atomic E-state index is -1.07. The van der Waals surface area contributed by atoms with Crippen LogP contribution in [0, 0.1) is 0 Å². The van der Waals surface area contributed by atoms with Crippen molar-refractivity contribution in [1.29, 1.82) is 0 Å². The monoisotopic (exact) mass is 225 g/mol. The lowest BCUT2D eigenvalue weighted by molar-refractivity contribution is -0.139. The van der Waals surface area contributed by atoms with E-state index in [0.717, 1.165) is 5.56 Å². The van der Waals surface area contributed by atoms with Crippen molar-refractivity contribution in [2.24, 2.45) is 0 Å². The van der Waals surface area contributed by atoms with Gasteiger partial charge in [-0.15, -0.1) is 0 Å². The highest BCUT2D eigenvalue weighted by molar-refractivity contribution is 7.96. The normalized spacial score (nSPS) is 11.8. The van der Waals surface area contributed by atoms with E-state index in [1.165, 1.54) is 0 Å². The lowest BCUT2D eigenvalue weighted by atomic mass is 10.1. The van der Waals surface area contributed by atoms with Crippen molar-refractivity contribution >= 4 is 23.8 Å². The van der Waals surface area contributed by atoms with Crippen molar-refractivity contribution in [1.82, 2.24) is 5.32 Å². The maximum absolute atomic E-state index is 10.8. The molecule has 0 radical (unpaired) electrons. The van der Waals surface area contributed by atoms with Crippen molar-refractivity contribution in [3.05, 3.63) is 35.9 Å². The topological polar surface area (TPSA) is 66.4 Å². The van der Waals surface area contributed by atoms with E-state index in [1.807, 2.05) is 18.2 Å². The van der Waals surface area contributed by atoms with Crippen LogP contribution in [0.15, 0.2) is 30.3 Å². The van der Waals surface area contributed by atoms with E-state index in [9.17, 15) is 9.59 Å². The third kappa shape index (κ3) is 4.03. The lowest BCUT2D eigenvalue weighted by Crippen LogP contribution is -2.39. The Hall–Kier alpha value is -1.49. The van der Waals surface area contributed by atoms with Crippen LogP contribution in [0.3, 0.4) is 0 Å². The molecule has 4 nitrogen and oxygen atoms in total. The smallest absolute Gasteiger partial charge is 0.326 e. The zero-order valence-electron chi connectivity index (χ0n) is 7.88. The maximum Gasteiger partial charge on any atom is 0.326 e. The number of hydrogen-bond acceptors (Lipinski definition) is 2. The number of hydrogen-bond donors (Lipinski definition) is 3. The Morgan fingerprint density at radius 3 is 2.40 bits per heavy atom. The van der Waals surface area contributed by atoms with E-state index >= 15 is 0 Å². The van der Waals surface area contributed by atoms with Crippen LogP contribution in [0.2, 0.25) is 0 Å². The Bertz CT molecular complexity index is 353. The number of rotatable bonds is 4. The summed E-state index contributed by atoms with van der Waals surface area (Å²) >= 11 is 3.49. The largest absolute Gasteiger partial charge is 0.480 e. The molecule has 0 aliphatic rings. The first-order valence-corrected chi connectivity index (χ1v) is 4.80. The molecule has 80 valence electrons. The number of aliphatic carboxylic acids is 1. The first kappa shape index (κ1) is 11.6. The number of carboxylic acids is 1. The summed E-state index contributed by atoms with van der Waals surface area (Å²) in [5.74, 6) is -1.07. The van der Waals surface area contributed by atoms with Gasteiger partial charge in [0.1, 0.15) is 6.04 Å². The molecule has 1 rings (SSSR count). The van der Waals surface area contributed by atoms with Crippen LogP contribution >= 0.6 is 12.6 Å². The summed E-state index contributed by atoms with van der Waals surface area (Å²) in [7, 11) is 0. The van der Waals surface area contributed by atoms with Crippen molar-refractivity contribution in [2.45, 2.75) is 12.5 Å². The van der Waals surface area contributed by atoms with Crippen molar-refractivity contribution < 1.29 is 14.7 Å². The van der Waals surface area contributed by atoms with Gasteiger partial charge in [0.05, 0.1) is 0 Å². The molecule has 0 spiro atoms. The first-order chi connectivity index (χ1) is 7.09. The van der Waals surface area contributed by atoms with Crippen molar-refractivity contribution in [3.63, 3.8) is 0 Å². The van der Waals surface area contributed by atoms with Gasteiger partial charge in [-0.05, 0) is 5.56 Å². The standard InChI is InChI=1S/C10H11NO3S/c12-9(13)8(11-10(14)15)6-7-4-2-1-3-5-7/h1-5,8H,6H2,(H,12,13)(H2,11,14,15). The second-order valence-corrected chi connectivity index (χ2v) is 3.44. The number of amides is 1. The van der Waals surface area contributed by atoms with Crippen LogP contribution in [-0.2, 0) is 11.2 Å². The van der Waals surface area contributed by atoms with Crippen LogP contribution in [0.4, 0.5) is 4.79 Å². The number of thiol groups is 1. The number of carbonyl (C=O) groups excluding carboxylic acids is 1. The summed E-state index contributed by atoms with van der Waals surface area (Å²) in [5, 5.41) is 10.4. The highest BCUT2D eigenvalue weighted by Gasteiger charge is 2.18. The molecule has 5 heteroatoms. The average Bonchev–Trinajstić information content (AvgIpc) is 2.17. The van der Waals surface area contributed by atoms with Gasteiger partial charge in [0, 0.05) is 6.42 Å². The van der Waals surface area contributed by atoms with E-state index in [0.29, 0.717) is 0 Å². The molecule has 0 aromatic heterocycles. The minimum absolute atomic E-state index is 0.252. The van der Waals surface area contributed by atoms with Gasteiger partial charge in [0.15, 0.2) is 0 Å². The Balaban J connectivity index is 2.67. The molecule has 0 saturated heterocycles. The molecular formula is C10H11NO3S. The molecule has 0 fully saturated rings. The van der Waals surface area contributed by atoms with Gasteiger partial charge in [0.25, 0.3) is 5.24 Å². The van der Waals surface area contributed by atoms with Gasteiger partial charge in [-0.2, -0.15) is 0 Å². The number of nitrogens with one attached hydrogen (secondary N) is 1. The Morgan fingerprint density at radius 1 is 1.33 bits per heavy atom. The molecule has 0 saturated carbocycles. The van der Waals surface area contributed by atoms with Gasteiger partial charge < -0.3 is 10.4 Å². The maximum atomic E-state index is 10.8. The van der Waals surface area contributed by atoms with E-state index in [2.05, 4.69) is 17.9 Å². The molecule has 0 aliphatic heterocycles. The molecule has 15 heavy (non-hydrogen) atoms. The molecule has 2 N–H and O–H groups in total. The average molecular weight is 225 g/mol. The van der Waals surface area contributed by atoms with Crippen LogP contribution in [-0.4, -0.2) is 22.4 Å². The predicted octanol–water partition coefficient (Wildman–Crippen LogP) is 1.32. The molecule has 1 unspecified atom stereocenters. The summed E-state index contributed by atoms with van der Waals surface area (Å²) in [5.41, 5.74) is 0.854. The van der Waals surface area contributed by atoms with E-state index in [4.69, 9.17) is 5.11 Å². The third-order valence-electron chi connectivity index (χ3n) is 1.88. The van der Waals surface area contributed by atoms with E-state index < -0.39 is 17.3 Å². The van der Waals surface area contributed by atoms with Crippen LogP contribution in [0.25, 0.3) is 0 Å². The third-order valence-corrected chi connectivity index (χ3v) is 2.01. The Morgan fingerprint density at radius 2 is 1.93 bits per heavy atom. The Labute approximate surface area is 92.7 Å². The van der Waals surface area contributed by atoms with Crippen LogP contribution in [0.1, 0.15) is 5.56 Å². The highest BCUT2D eigenvalue weighted by Crippen LogP contribution is 2.03. The van der Waals surface area contributed by atoms with E-state index in [1.54, 1.807) is 12.1 Å². The molecule has 0 heterocycles. The van der Waals surface area contributed by atoms with Gasteiger partial charge in [-0.1, -0.05) is 43.0 Å².